The molecule has 0 saturated heterocycles. The molecule has 12 nitrogen and oxygen atoms in total. The molecular formula is C48H31ClN4O8. The third-order valence-corrected chi connectivity index (χ3v) is 10.4. The average Bonchev–Trinajstić information content (AvgIpc) is 4.10. The van der Waals surface area contributed by atoms with Crippen LogP contribution in [0.25, 0.3) is 90.9 Å². The summed E-state index contributed by atoms with van der Waals surface area (Å²) in [5, 5.41) is 38.7. The van der Waals surface area contributed by atoms with Crippen LogP contribution in [0.4, 0.5) is 0 Å². The van der Waals surface area contributed by atoms with Gasteiger partial charge in [-0.3, -0.25) is 0 Å². The molecule has 0 saturated carbocycles. The zero-order valence-electron chi connectivity index (χ0n) is 31.6. The Labute approximate surface area is 351 Å². The normalized spacial score (nSPS) is 11.5. The summed E-state index contributed by atoms with van der Waals surface area (Å²) >= 11 is 0. The second-order valence-electron chi connectivity index (χ2n) is 14.0. The van der Waals surface area contributed by atoms with Gasteiger partial charge in [-0.1, -0.05) is 48.5 Å². The van der Waals surface area contributed by atoms with E-state index in [1.54, 1.807) is 48.5 Å². The number of nitrogens with one attached hydrogen (secondary N) is 2. The van der Waals surface area contributed by atoms with E-state index in [2.05, 4.69) is 9.97 Å². The van der Waals surface area contributed by atoms with E-state index in [4.69, 9.17) is 9.97 Å². The second-order valence-corrected chi connectivity index (χ2v) is 14.0. The maximum absolute atomic E-state index is 11.8. The number of hydrogen-bond acceptors (Lipinski definition) is 6. The largest absolute Gasteiger partial charge is 0.478 e. The van der Waals surface area contributed by atoms with Gasteiger partial charge < -0.3 is 30.4 Å². The Balaban J connectivity index is 0.00000514. The van der Waals surface area contributed by atoms with Gasteiger partial charge in [0.05, 0.1) is 45.0 Å². The van der Waals surface area contributed by atoms with Crippen LogP contribution in [0.15, 0.2) is 121 Å². The predicted molar refractivity (Wildman–Crippen MR) is 236 cm³/mol. The first-order valence-corrected chi connectivity index (χ1v) is 18.5. The number of aromatic amines is 2. The lowest BCUT2D eigenvalue weighted by Gasteiger charge is -2.08. The molecule has 4 aromatic carbocycles. The van der Waals surface area contributed by atoms with Crippen LogP contribution in [0.3, 0.4) is 0 Å². The standard InChI is InChI=1S/C48H30N4O8.ClH/c53-45(54)29-9-1-25(2-10-29)41-33-17-19-35(49-33)42(26-3-11-30(12-4-26)46(55)56)37-21-23-39(51-37)44(28-7-15-32(16-8-28)48(59)60)40-24-22-38(52-40)43(36-20-18-34(41)50-36)27-5-13-31(14-6-27)47(57)58;/h1-24,49,52H,(H,53,54)(H,55,56)(H,57,58)(H,59,60);1H. The third-order valence-electron chi connectivity index (χ3n) is 10.4. The summed E-state index contributed by atoms with van der Waals surface area (Å²) in [6.45, 7) is 0. The molecule has 0 amide bonds. The Morgan fingerprint density at radius 1 is 0.328 bits per heavy atom. The Hall–Kier alpha value is -8.35. The molecule has 2 aliphatic heterocycles. The molecule has 2 aliphatic rings. The van der Waals surface area contributed by atoms with Crippen molar-refractivity contribution in [2.45, 2.75) is 0 Å². The summed E-state index contributed by atoms with van der Waals surface area (Å²) in [5.74, 6) is -4.25. The summed E-state index contributed by atoms with van der Waals surface area (Å²) in [4.78, 5) is 64.8. The molecule has 3 aromatic heterocycles. The summed E-state index contributed by atoms with van der Waals surface area (Å²) in [6, 6.07) is 33.6. The smallest absolute Gasteiger partial charge is 0.335 e. The number of benzene rings is 4. The van der Waals surface area contributed by atoms with Crippen LogP contribution in [0.2, 0.25) is 0 Å². The van der Waals surface area contributed by atoms with Crippen molar-refractivity contribution in [1.29, 1.82) is 0 Å². The summed E-state index contributed by atoms with van der Waals surface area (Å²) in [6.07, 6.45) is 7.47. The maximum Gasteiger partial charge on any atom is 0.335 e. The molecule has 5 heterocycles. The lowest BCUT2D eigenvalue weighted by Crippen LogP contribution is -1.96. The lowest BCUT2D eigenvalue weighted by atomic mass is 10.0. The molecule has 61 heavy (non-hydrogen) atoms. The van der Waals surface area contributed by atoms with Gasteiger partial charge in [-0.25, -0.2) is 29.1 Å². The van der Waals surface area contributed by atoms with Crippen LogP contribution >= 0.6 is 12.4 Å². The van der Waals surface area contributed by atoms with E-state index in [1.807, 2.05) is 48.6 Å². The molecule has 0 fully saturated rings. The third kappa shape index (κ3) is 7.35. The van der Waals surface area contributed by atoms with E-state index >= 15 is 0 Å². The van der Waals surface area contributed by atoms with Gasteiger partial charge in [-0.15, -0.1) is 12.4 Å². The highest BCUT2D eigenvalue weighted by molar-refractivity contribution is 6.01. The fourth-order valence-electron chi connectivity index (χ4n) is 7.54. The fourth-order valence-corrected chi connectivity index (χ4v) is 7.54. The van der Waals surface area contributed by atoms with Crippen LogP contribution in [-0.2, 0) is 0 Å². The van der Waals surface area contributed by atoms with Crippen molar-refractivity contribution < 1.29 is 39.6 Å². The number of fused-ring (bicyclic) bond motifs is 8. The van der Waals surface area contributed by atoms with Gasteiger partial charge in [0.1, 0.15) is 0 Å². The Morgan fingerprint density at radius 3 is 0.705 bits per heavy atom. The van der Waals surface area contributed by atoms with Gasteiger partial charge in [-0.05, 0) is 119 Å². The minimum atomic E-state index is -1.06. The minimum Gasteiger partial charge on any atom is -0.478 e. The Kier molecular flexibility index (Phi) is 10.2. The molecule has 8 bridgehead atoms. The number of H-pyrrole nitrogens is 2. The molecule has 298 valence electrons. The number of nitrogens with zero attached hydrogens (tertiary/aromatic N) is 2. The van der Waals surface area contributed by atoms with E-state index in [1.165, 1.54) is 48.5 Å². The van der Waals surface area contributed by atoms with Gasteiger partial charge in [-0.2, -0.15) is 0 Å². The number of aromatic nitrogens is 4. The molecule has 0 aliphatic carbocycles. The number of carboxylic acids is 4. The highest BCUT2D eigenvalue weighted by atomic mass is 35.5. The molecule has 0 radical (unpaired) electrons. The first-order chi connectivity index (χ1) is 29.0. The monoisotopic (exact) mass is 826 g/mol. The zero-order valence-corrected chi connectivity index (χ0v) is 32.4. The van der Waals surface area contributed by atoms with Crippen molar-refractivity contribution in [2.24, 2.45) is 0 Å². The molecule has 13 heteroatoms. The van der Waals surface area contributed by atoms with Gasteiger partial charge in [0.2, 0.25) is 0 Å². The van der Waals surface area contributed by atoms with Crippen molar-refractivity contribution >= 4 is 82.7 Å². The summed E-state index contributed by atoms with van der Waals surface area (Å²) in [5.41, 5.74) is 10.7. The molecule has 9 rings (SSSR count). The second kappa shape index (κ2) is 15.8. The Morgan fingerprint density at radius 2 is 0.525 bits per heavy atom. The minimum absolute atomic E-state index is 0. The fraction of sp³-hybridized carbons (Fsp3) is 0. The van der Waals surface area contributed by atoms with E-state index in [0.717, 1.165) is 0 Å². The van der Waals surface area contributed by atoms with Crippen LogP contribution < -0.4 is 0 Å². The number of halogens is 1. The number of carboxylic acid groups (broad SMARTS) is 4. The SMILES string of the molecule is Cl.O=C(O)c1ccc(-c2c3nc(c(-c4ccc(C(=O)O)cc4)c4ccc([nH]4)c(-c4ccc(C(=O)O)cc4)c4nc(c(-c5ccc(C(=O)O)cc5)c5ccc2[nH]5)C=C4)C=C3)cc1. The molecule has 6 N–H and O–H groups in total. The molecule has 0 unspecified atom stereocenters. The van der Waals surface area contributed by atoms with Gasteiger partial charge in [0.25, 0.3) is 0 Å². The van der Waals surface area contributed by atoms with Crippen LogP contribution in [0, 0.1) is 0 Å². The van der Waals surface area contributed by atoms with E-state index in [9.17, 15) is 39.6 Å². The molecule has 7 aromatic rings. The first kappa shape index (κ1) is 39.5. The highest BCUT2D eigenvalue weighted by Crippen LogP contribution is 2.38. The van der Waals surface area contributed by atoms with Crippen molar-refractivity contribution in [1.82, 2.24) is 19.9 Å². The van der Waals surface area contributed by atoms with Crippen molar-refractivity contribution in [2.75, 3.05) is 0 Å². The number of aromatic carboxylic acids is 4. The van der Waals surface area contributed by atoms with Crippen molar-refractivity contribution in [3.63, 3.8) is 0 Å². The predicted octanol–water partition coefficient (Wildman–Crippen LogP) is 10.5. The van der Waals surface area contributed by atoms with Gasteiger partial charge in [0.15, 0.2) is 0 Å². The number of rotatable bonds is 8. The van der Waals surface area contributed by atoms with Crippen molar-refractivity contribution in [3.05, 3.63) is 166 Å². The highest BCUT2D eigenvalue weighted by Gasteiger charge is 2.20. The van der Waals surface area contributed by atoms with Crippen molar-refractivity contribution in [3.8, 4) is 44.5 Å². The van der Waals surface area contributed by atoms with Gasteiger partial charge >= 0.3 is 23.9 Å². The zero-order chi connectivity index (χ0) is 41.7. The van der Waals surface area contributed by atoms with E-state index in [0.29, 0.717) is 89.4 Å². The topological polar surface area (TPSA) is 207 Å². The lowest BCUT2D eigenvalue weighted by molar-refractivity contribution is 0.0686. The van der Waals surface area contributed by atoms with Crippen LogP contribution in [0.5, 0.6) is 0 Å². The molecular weight excluding hydrogens is 796 g/mol. The first-order valence-electron chi connectivity index (χ1n) is 18.5. The van der Waals surface area contributed by atoms with Gasteiger partial charge in [0, 0.05) is 44.3 Å². The quantitative estimate of drug-likeness (QED) is 0.0854. The molecule has 0 atom stereocenters. The van der Waals surface area contributed by atoms with Crippen LogP contribution in [-0.4, -0.2) is 64.2 Å². The van der Waals surface area contributed by atoms with E-state index in [-0.39, 0.29) is 34.7 Å². The summed E-state index contributed by atoms with van der Waals surface area (Å²) < 4.78 is 0. The summed E-state index contributed by atoms with van der Waals surface area (Å²) in [7, 11) is 0. The molecule has 0 spiro atoms. The number of carbonyl (C=O) groups is 4. The maximum atomic E-state index is 11.8. The van der Waals surface area contributed by atoms with E-state index < -0.39 is 23.9 Å². The average molecular weight is 827 g/mol. The number of hydrogen-bond donors (Lipinski definition) is 6. The van der Waals surface area contributed by atoms with Crippen LogP contribution in [0.1, 0.15) is 64.2 Å². The Bertz CT molecular complexity index is 2760.